The molecule has 106 valence electrons. The van der Waals surface area contributed by atoms with E-state index in [1.807, 2.05) is 42.5 Å². The van der Waals surface area contributed by atoms with Crippen molar-refractivity contribution in [3.63, 3.8) is 0 Å². The lowest BCUT2D eigenvalue weighted by Crippen LogP contribution is -2.31. The molecule has 4 nitrogen and oxygen atoms in total. The first-order chi connectivity index (χ1) is 9.53. The Bertz CT molecular complexity index is 771. The van der Waals surface area contributed by atoms with Gasteiger partial charge in [0.2, 0.25) is 0 Å². The average Bonchev–Trinajstić information content (AvgIpc) is 2.77. The van der Waals surface area contributed by atoms with Gasteiger partial charge in [-0.1, -0.05) is 30.3 Å². The number of rotatable bonds is 3. The first-order valence-electron chi connectivity index (χ1n) is 6.41. The molecule has 2 aromatic carbocycles. The topological polar surface area (TPSA) is 63.2 Å². The molecule has 0 unspecified atom stereocenters. The number of hydrogen-bond donors (Lipinski definition) is 1. The first-order valence-corrected chi connectivity index (χ1v) is 9.38. The molecule has 0 saturated carbocycles. The molecule has 0 spiro atoms. The van der Waals surface area contributed by atoms with Crippen LogP contribution in [0.1, 0.15) is 6.42 Å². The zero-order chi connectivity index (χ0) is 14.2. The van der Waals surface area contributed by atoms with Gasteiger partial charge in [-0.2, -0.15) is 0 Å². The van der Waals surface area contributed by atoms with E-state index < -0.39 is 20.8 Å². The second-order valence-electron chi connectivity index (χ2n) is 5.00. The largest absolute Gasteiger partial charge is 0.237 e. The third-order valence-corrected chi connectivity index (χ3v) is 6.44. The van der Waals surface area contributed by atoms with Crippen LogP contribution in [0.4, 0.5) is 0 Å². The minimum absolute atomic E-state index is 0.0757. The molecule has 1 heterocycles. The molecule has 0 amide bonds. The minimum atomic E-state index is -2.95. The van der Waals surface area contributed by atoms with Gasteiger partial charge in [0.05, 0.1) is 16.4 Å². The van der Waals surface area contributed by atoms with E-state index in [0.717, 1.165) is 10.8 Å². The van der Waals surface area contributed by atoms with E-state index in [-0.39, 0.29) is 17.5 Å². The third-order valence-electron chi connectivity index (χ3n) is 3.44. The van der Waals surface area contributed by atoms with Crippen molar-refractivity contribution in [2.45, 2.75) is 17.4 Å². The zero-order valence-electron chi connectivity index (χ0n) is 10.8. The van der Waals surface area contributed by atoms with Crippen molar-refractivity contribution >= 4 is 31.6 Å². The maximum Gasteiger partial charge on any atom is 0.151 e. The lowest BCUT2D eigenvalue weighted by atomic mass is 10.1. The van der Waals surface area contributed by atoms with E-state index in [2.05, 4.69) is 4.72 Å². The second-order valence-corrected chi connectivity index (χ2v) is 8.47. The van der Waals surface area contributed by atoms with Gasteiger partial charge in [-0.05, 0) is 29.3 Å². The summed E-state index contributed by atoms with van der Waals surface area (Å²) in [5.41, 5.74) is 0. The Morgan fingerprint density at radius 3 is 2.55 bits per heavy atom. The number of fused-ring (bicyclic) bond motifs is 1. The number of hydrogen-bond acceptors (Lipinski definition) is 3. The normalized spacial score (nSPS) is 22.9. The van der Waals surface area contributed by atoms with Crippen molar-refractivity contribution in [3.8, 4) is 0 Å². The van der Waals surface area contributed by atoms with Crippen molar-refractivity contribution in [1.82, 2.24) is 4.72 Å². The van der Waals surface area contributed by atoms with Crippen molar-refractivity contribution in [1.29, 1.82) is 0 Å². The van der Waals surface area contributed by atoms with E-state index in [4.69, 9.17) is 0 Å². The molecule has 6 heteroatoms. The second kappa shape index (κ2) is 5.27. The van der Waals surface area contributed by atoms with Crippen LogP contribution in [-0.2, 0) is 20.8 Å². The van der Waals surface area contributed by atoms with E-state index in [1.165, 1.54) is 0 Å². The monoisotopic (exact) mass is 309 g/mol. The van der Waals surface area contributed by atoms with Gasteiger partial charge in [0, 0.05) is 6.04 Å². The zero-order valence-corrected chi connectivity index (χ0v) is 12.4. The van der Waals surface area contributed by atoms with Crippen LogP contribution in [0.3, 0.4) is 0 Å². The van der Waals surface area contributed by atoms with Crippen LogP contribution in [0, 0.1) is 0 Å². The van der Waals surface area contributed by atoms with Crippen LogP contribution in [0.25, 0.3) is 10.8 Å². The molecule has 1 aliphatic rings. The lowest BCUT2D eigenvalue weighted by Gasteiger charge is -2.10. The highest BCUT2D eigenvalue weighted by Crippen LogP contribution is 2.19. The third kappa shape index (κ3) is 2.92. The van der Waals surface area contributed by atoms with Crippen LogP contribution < -0.4 is 4.72 Å². The summed E-state index contributed by atoms with van der Waals surface area (Å²) in [6, 6.07) is 13.3. The number of benzene rings is 2. The van der Waals surface area contributed by atoms with Gasteiger partial charge in [0.15, 0.2) is 9.84 Å². The van der Waals surface area contributed by atoms with Crippen molar-refractivity contribution in [2.24, 2.45) is 0 Å². The van der Waals surface area contributed by atoms with E-state index in [0.29, 0.717) is 11.3 Å². The molecule has 1 aliphatic heterocycles. The number of sulfone groups is 1. The summed E-state index contributed by atoms with van der Waals surface area (Å²) >= 11 is 0. The summed E-state index contributed by atoms with van der Waals surface area (Å²) in [7, 11) is -4.33. The molecule has 2 atom stereocenters. The Morgan fingerprint density at radius 1 is 1.10 bits per heavy atom. The molecule has 0 aliphatic carbocycles. The Morgan fingerprint density at radius 2 is 1.85 bits per heavy atom. The fourth-order valence-electron chi connectivity index (χ4n) is 2.39. The van der Waals surface area contributed by atoms with Crippen LogP contribution in [0.2, 0.25) is 0 Å². The molecular weight excluding hydrogens is 294 g/mol. The van der Waals surface area contributed by atoms with Crippen LogP contribution >= 0.6 is 0 Å². The highest BCUT2D eigenvalue weighted by Gasteiger charge is 2.29. The molecule has 0 radical (unpaired) electrons. The summed E-state index contributed by atoms with van der Waals surface area (Å²) in [5, 5.41) is 2.12. The van der Waals surface area contributed by atoms with Gasteiger partial charge in [-0.3, -0.25) is 0 Å². The molecule has 20 heavy (non-hydrogen) atoms. The van der Waals surface area contributed by atoms with E-state index >= 15 is 0 Å². The summed E-state index contributed by atoms with van der Waals surface area (Å²) in [5.74, 6) is 0.256. The van der Waals surface area contributed by atoms with Crippen molar-refractivity contribution < 1.29 is 12.6 Å². The Kier molecular flexibility index (Phi) is 3.62. The van der Waals surface area contributed by atoms with Crippen molar-refractivity contribution in [2.75, 3.05) is 11.5 Å². The molecular formula is C14H15NO3S2. The van der Waals surface area contributed by atoms with E-state index in [9.17, 15) is 12.6 Å². The van der Waals surface area contributed by atoms with Gasteiger partial charge < -0.3 is 0 Å². The quantitative estimate of drug-likeness (QED) is 0.937. The summed E-state index contributed by atoms with van der Waals surface area (Å²) in [6.45, 7) is 0. The summed E-state index contributed by atoms with van der Waals surface area (Å²) < 4.78 is 38.0. The van der Waals surface area contributed by atoms with Gasteiger partial charge in [0.1, 0.15) is 11.0 Å². The summed E-state index contributed by atoms with van der Waals surface area (Å²) in [4.78, 5) is 0.674. The molecule has 0 bridgehead atoms. The van der Waals surface area contributed by atoms with Gasteiger partial charge in [0.25, 0.3) is 0 Å². The van der Waals surface area contributed by atoms with Gasteiger partial charge in [-0.25, -0.2) is 17.3 Å². The Labute approximate surface area is 120 Å². The minimum Gasteiger partial charge on any atom is -0.237 e. The van der Waals surface area contributed by atoms with E-state index in [1.54, 1.807) is 0 Å². The molecule has 0 aromatic heterocycles. The highest BCUT2D eigenvalue weighted by molar-refractivity contribution is 7.91. The van der Waals surface area contributed by atoms with Crippen LogP contribution in [0.5, 0.6) is 0 Å². The Balaban J connectivity index is 1.79. The molecule has 1 fully saturated rings. The van der Waals surface area contributed by atoms with Crippen molar-refractivity contribution in [3.05, 3.63) is 42.5 Å². The SMILES string of the molecule is O=[S@](N[C@@H]1CCS(=O)(=O)C1)c1ccc2ccccc2c1. The maximum atomic E-state index is 12.3. The predicted octanol–water partition coefficient (Wildman–Crippen LogP) is 1.64. The van der Waals surface area contributed by atoms with Gasteiger partial charge >= 0.3 is 0 Å². The lowest BCUT2D eigenvalue weighted by molar-refractivity contribution is 0.600. The van der Waals surface area contributed by atoms with Crippen LogP contribution in [-0.4, -0.2) is 30.2 Å². The average molecular weight is 309 g/mol. The number of nitrogens with one attached hydrogen (secondary N) is 1. The smallest absolute Gasteiger partial charge is 0.151 e. The molecule has 1 N–H and O–H groups in total. The molecule has 3 rings (SSSR count). The predicted molar refractivity (Wildman–Crippen MR) is 80.6 cm³/mol. The maximum absolute atomic E-state index is 12.3. The fourth-order valence-corrected chi connectivity index (χ4v) is 5.23. The standard InChI is InChI=1S/C14H15NO3S2/c16-19(15-13-7-8-20(17,18)10-13)14-6-5-11-3-1-2-4-12(11)9-14/h1-6,9,13,15H,7-8,10H2/t13-,19+/m1/s1. The van der Waals surface area contributed by atoms with Gasteiger partial charge in [-0.15, -0.1) is 0 Å². The molecule has 1 saturated heterocycles. The molecule has 2 aromatic rings. The Hall–Kier alpha value is -1.24. The first kappa shape index (κ1) is 13.7. The fraction of sp³-hybridized carbons (Fsp3) is 0.286. The summed E-state index contributed by atoms with van der Waals surface area (Å²) in [6.07, 6.45) is 0.529. The van der Waals surface area contributed by atoms with Crippen LogP contribution in [0.15, 0.2) is 47.4 Å². The highest BCUT2D eigenvalue weighted by atomic mass is 32.2.